The summed E-state index contributed by atoms with van der Waals surface area (Å²) in [5, 5.41) is 6.20. The molecule has 0 aliphatic rings. The fourth-order valence-corrected chi connectivity index (χ4v) is 1.61. The molecule has 1 aromatic rings. The van der Waals surface area contributed by atoms with Gasteiger partial charge in [0.1, 0.15) is 5.02 Å². The minimum absolute atomic E-state index is 0.128. The molecular formula is C11H15ClF3N3O. The first-order valence-electron chi connectivity index (χ1n) is 5.91. The highest BCUT2D eigenvalue weighted by molar-refractivity contribution is 6.32. The van der Waals surface area contributed by atoms with Crippen LogP contribution in [0.4, 0.5) is 18.9 Å². The molecule has 1 rings (SSSR count). The minimum Gasteiger partial charge on any atom is -0.382 e. The predicted molar refractivity (Wildman–Crippen MR) is 67.6 cm³/mol. The molecule has 0 fully saturated rings. The number of aryl methyl sites for hydroxylation is 1. The van der Waals surface area contributed by atoms with Crippen molar-refractivity contribution in [3.63, 3.8) is 0 Å². The van der Waals surface area contributed by atoms with Crippen LogP contribution in [-0.4, -0.2) is 22.5 Å². The fraction of sp³-hybridized carbons (Fsp3) is 0.636. The lowest BCUT2D eigenvalue weighted by Gasteiger charge is -2.11. The molecule has 0 bridgehead atoms. The van der Waals surface area contributed by atoms with Gasteiger partial charge in [-0.3, -0.25) is 4.79 Å². The summed E-state index contributed by atoms with van der Waals surface area (Å²) in [5.74, 6) is 0. The van der Waals surface area contributed by atoms with Crippen molar-refractivity contribution in [3.05, 3.63) is 21.6 Å². The Balaban J connectivity index is 2.71. The molecule has 0 aromatic carbocycles. The van der Waals surface area contributed by atoms with Crippen molar-refractivity contribution in [2.24, 2.45) is 0 Å². The number of aromatic nitrogens is 2. The van der Waals surface area contributed by atoms with Gasteiger partial charge in [0, 0.05) is 13.1 Å². The van der Waals surface area contributed by atoms with E-state index in [0.29, 0.717) is 6.54 Å². The van der Waals surface area contributed by atoms with Crippen LogP contribution >= 0.6 is 11.6 Å². The lowest BCUT2D eigenvalue weighted by molar-refractivity contribution is -0.131. The zero-order valence-corrected chi connectivity index (χ0v) is 11.2. The van der Waals surface area contributed by atoms with Crippen LogP contribution in [0.2, 0.25) is 5.02 Å². The maximum absolute atomic E-state index is 12.0. The first kappa shape index (κ1) is 15.8. The molecule has 0 aliphatic carbocycles. The van der Waals surface area contributed by atoms with Crippen LogP contribution in [0.3, 0.4) is 0 Å². The maximum atomic E-state index is 12.0. The molecule has 0 atom stereocenters. The van der Waals surface area contributed by atoms with Gasteiger partial charge < -0.3 is 5.32 Å². The van der Waals surface area contributed by atoms with Crippen LogP contribution in [-0.2, 0) is 6.54 Å². The molecule has 108 valence electrons. The van der Waals surface area contributed by atoms with E-state index in [1.807, 2.05) is 6.92 Å². The minimum atomic E-state index is -4.25. The first-order chi connectivity index (χ1) is 8.85. The van der Waals surface area contributed by atoms with Gasteiger partial charge in [0.05, 0.1) is 18.3 Å². The molecular weight excluding hydrogens is 283 g/mol. The van der Waals surface area contributed by atoms with Gasteiger partial charge in [-0.25, -0.2) is 4.68 Å². The van der Waals surface area contributed by atoms with Gasteiger partial charge in [-0.2, -0.15) is 18.3 Å². The molecule has 1 aromatic heterocycles. The highest BCUT2D eigenvalue weighted by Crippen LogP contribution is 2.21. The second-order valence-electron chi connectivity index (χ2n) is 4.05. The van der Waals surface area contributed by atoms with Crippen molar-refractivity contribution < 1.29 is 13.2 Å². The Labute approximate surface area is 113 Å². The van der Waals surface area contributed by atoms with Crippen molar-refractivity contribution in [1.82, 2.24) is 9.78 Å². The second-order valence-corrected chi connectivity index (χ2v) is 4.42. The third kappa shape index (κ3) is 5.10. The number of halogens is 4. The summed E-state index contributed by atoms with van der Waals surface area (Å²) in [6.45, 7) is 2.07. The van der Waals surface area contributed by atoms with E-state index in [0.717, 1.165) is 12.8 Å². The van der Waals surface area contributed by atoms with Gasteiger partial charge in [0.15, 0.2) is 0 Å². The van der Waals surface area contributed by atoms with Gasteiger partial charge in [0.25, 0.3) is 5.56 Å². The Kier molecular flexibility index (Phi) is 5.65. The van der Waals surface area contributed by atoms with E-state index in [1.165, 1.54) is 10.9 Å². The SMILES string of the molecule is CCCCn1ncc(NCCC(F)(F)F)c(Cl)c1=O. The van der Waals surface area contributed by atoms with Gasteiger partial charge in [-0.15, -0.1) is 0 Å². The maximum Gasteiger partial charge on any atom is 0.390 e. The number of alkyl halides is 3. The van der Waals surface area contributed by atoms with Crippen LogP contribution in [0.15, 0.2) is 11.0 Å². The summed E-state index contributed by atoms with van der Waals surface area (Å²) in [7, 11) is 0. The van der Waals surface area contributed by atoms with E-state index in [-0.39, 0.29) is 17.3 Å². The van der Waals surface area contributed by atoms with Gasteiger partial charge in [0.2, 0.25) is 0 Å². The number of unbranched alkanes of at least 4 members (excludes halogenated alkanes) is 1. The molecule has 19 heavy (non-hydrogen) atoms. The van der Waals surface area contributed by atoms with E-state index >= 15 is 0 Å². The lowest BCUT2D eigenvalue weighted by Crippen LogP contribution is -2.25. The van der Waals surface area contributed by atoms with Crippen molar-refractivity contribution >= 4 is 17.3 Å². The van der Waals surface area contributed by atoms with Crippen molar-refractivity contribution in [2.75, 3.05) is 11.9 Å². The van der Waals surface area contributed by atoms with Crippen LogP contribution in [0.25, 0.3) is 0 Å². The van der Waals surface area contributed by atoms with Crippen molar-refractivity contribution in [2.45, 2.75) is 38.9 Å². The van der Waals surface area contributed by atoms with Crippen molar-refractivity contribution in [3.8, 4) is 0 Å². The van der Waals surface area contributed by atoms with Gasteiger partial charge in [-0.1, -0.05) is 24.9 Å². The number of rotatable bonds is 6. The topological polar surface area (TPSA) is 46.9 Å². The largest absolute Gasteiger partial charge is 0.390 e. The number of hydrogen-bond acceptors (Lipinski definition) is 3. The molecule has 0 aliphatic heterocycles. The summed E-state index contributed by atoms with van der Waals surface area (Å²) in [5.41, 5.74) is -0.365. The summed E-state index contributed by atoms with van der Waals surface area (Å²) in [6, 6.07) is 0. The fourth-order valence-electron chi connectivity index (χ4n) is 1.39. The number of hydrogen-bond donors (Lipinski definition) is 1. The Morgan fingerprint density at radius 3 is 2.74 bits per heavy atom. The first-order valence-corrected chi connectivity index (χ1v) is 6.29. The monoisotopic (exact) mass is 297 g/mol. The van der Waals surface area contributed by atoms with Gasteiger partial charge >= 0.3 is 6.18 Å². The summed E-state index contributed by atoms with van der Waals surface area (Å²) < 4.78 is 37.2. The van der Waals surface area contributed by atoms with E-state index < -0.39 is 18.2 Å². The molecule has 1 N–H and O–H groups in total. The van der Waals surface area contributed by atoms with E-state index in [1.54, 1.807) is 0 Å². The molecule has 8 heteroatoms. The summed E-state index contributed by atoms with van der Waals surface area (Å²) in [4.78, 5) is 11.8. The van der Waals surface area contributed by atoms with E-state index in [4.69, 9.17) is 11.6 Å². The smallest absolute Gasteiger partial charge is 0.382 e. The third-order valence-electron chi connectivity index (χ3n) is 2.43. The van der Waals surface area contributed by atoms with Crippen LogP contribution in [0.5, 0.6) is 0 Å². The molecule has 0 saturated carbocycles. The van der Waals surface area contributed by atoms with Crippen molar-refractivity contribution in [1.29, 1.82) is 0 Å². The third-order valence-corrected chi connectivity index (χ3v) is 2.80. The quantitative estimate of drug-likeness (QED) is 0.878. The number of anilines is 1. The molecule has 0 unspecified atom stereocenters. The highest BCUT2D eigenvalue weighted by Gasteiger charge is 2.26. The lowest BCUT2D eigenvalue weighted by atomic mass is 10.3. The number of nitrogens with one attached hydrogen (secondary N) is 1. The zero-order chi connectivity index (χ0) is 14.5. The van der Waals surface area contributed by atoms with Crippen LogP contribution in [0.1, 0.15) is 26.2 Å². The second kappa shape index (κ2) is 6.79. The highest BCUT2D eigenvalue weighted by atomic mass is 35.5. The summed E-state index contributed by atoms with van der Waals surface area (Å²) >= 11 is 5.81. The Bertz CT molecular complexity index is 473. The average molecular weight is 298 g/mol. The Morgan fingerprint density at radius 2 is 2.16 bits per heavy atom. The standard InChI is InChI=1S/C11H15ClF3N3O/c1-2-3-6-18-10(19)9(12)8(7-17-18)16-5-4-11(13,14)15/h7,16H,2-6H2,1H3. The Morgan fingerprint density at radius 1 is 1.47 bits per heavy atom. The average Bonchev–Trinajstić information content (AvgIpc) is 2.32. The number of nitrogens with zero attached hydrogens (tertiary/aromatic N) is 2. The van der Waals surface area contributed by atoms with E-state index in [2.05, 4.69) is 10.4 Å². The van der Waals surface area contributed by atoms with E-state index in [9.17, 15) is 18.0 Å². The predicted octanol–water partition coefficient (Wildman–Crippen LogP) is 3.06. The van der Waals surface area contributed by atoms with Crippen LogP contribution < -0.4 is 10.9 Å². The molecule has 0 spiro atoms. The molecule has 0 saturated heterocycles. The molecule has 4 nitrogen and oxygen atoms in total. The molecule has 0 radical (unpaired) electrons. The normalized spacial score (nSPS) is 11.6. The molecule has 0 amide bonds. The van der Waals surface area contributed by atoms with Crippen LogP contribution in [0, 0.1) is 0 Å². The zero-order valence-electron chi connectivity index (χ0n) is 10.4. The van der Waals surface area contributed by atoms with Gasteiger partial charge in [-0.05, 0) is 6.42 Å². The Hall–Kier alpha value is -1.24. The molecule has 1 heterocycles. The summed E-state index contributed by atoms with van der Waals surface area (Å²) in [6.07, 6.45) is -2.29.